The number of aromatic nitrogens is 6. The van der Waals surface area contributed by atoms with Gasteiger partial charge in [-0.15, -0.1) is 0 Å². The van der Waals surface area contributed by atoms with Crippen molar-refractivity contribution in [1.82, 2.24) is 28.6 Å². The van der Waals surface area contributed by atoms with Gasteiger partial charge in [0.25, 0.3) is 0 Å². The fraction of sp³-hybridized carbons (Fsp3) is 0.111. The van der Waals surface area contributed by atoms with Gasteiger partial charge in [0.05, 0.1) is 0 Å². The highest BCUT2D eigenvalue weighted by molar-refractivity contribution is 7.81. The molecule has 6 aromatic heterocycles. The lowest BCUT2D eigenvalue weighted by Gasteiger charge is -1.92. The predicted molar refractivity (Wildman–Crippen MR) is 171 cm³/mol. The lowest BCUT2D eigenvalue weighted by Crippen LogP contribution is -1.88. The molecular formula is C27H26N6OP2S2. The van der Waals surface area contributed by atoms with Crippen molar-refractivity contribution in [3.8, 4) is 0 Å². The summed E-state index contributed by atoms with van der Waals surface area (Å²) in [5, 5.41) is 3.13. The summed E-state index contributed by atoms with van der Waals surface area (Å²) < 4.78 is 3.70. The van der Waals surface area contributed by atoms with Crippen molar-refractivity contribution >= 4 is 91.8 Å². The number of pyridine rings is 3. The first-order valence-corrected chi connectivity index (χ1v) is 13.4. The average molecular weight is 577 g/mol. The van der Waals surface area contributed by atoms with Crippen molar-refractivity contribution in [3.63, 3.8) is 0 Å². The standard InChI is InChI=1S/C9H9N2OP.C9H9N2PS.C9H8N2S/c1-6(12)8-5-11(13)9-7(8)3-2-4-10-9;1-6(13)8-5-11(12)9-7(8)3-2-4-10-9;1-6(12)8-5-11-9-7(8)3-2-4-10-9/h2-5H,13H2,1H3;2-5H,12H2,1H3;2-5H,1H3,(H,10,11). The number of rotatable bonds is 3. The number of aromatic amines is 1. The van der Waals surface area contributed by atoms with Crippen molar-refractivity contribution in [2.75, 3.05) is 0 Å². The average Bonchev–Trinajstić information content (AvgIpc) is 3.59. The first-order valence-electron chi connectivity index (χ1n) is 11.6. The molecular weight excluding hydrogens is 550 g/mol. The van der Waals surface area contributed by atoms with E-state index in [9.17, 15) is 4.79 Å². The van der Waals surface area contributed by atoms with Crippen LogP contribution in [0.5, 0.6) is 0 Å². The Hall–Kier alpha value is -3.22. The highest BCUT2D eigenvalue weighted by Crippen LogP contribution is 2.22. The molecule has 7 nitrogen and oxygen atoms in total. The van der Waals surface area contributed by atoms with E-state index in [0.717, 1.165) is 59.5 Å². The van der Waals surface area contributed by atoms with E-state index in [1.807, 2.05) is 67.0 Å². The van der Waals surface area contributed by atoms with Crippen molar-refractivity contribution in [3.05, 3.63) is 90.3 Å². The van der Waals surface area contributed by atoms with Gasteiger partial charge in [-0.1, -0.05) is 24.4 Å². The smallest absolute Gasteiger partial charge is 0.162 e. The van der Waals surface area contributed by atoms with Crippen LogP contribution in [-0.2, 0) is 0 Å². The first-order chi connectivity index (χ1) is 18.2. The van der Waals surface area contributed by atoms with Crippen LogP contribution in [0.1, 0.15) is 42.3 Å². The zero-order chi connectivity index (χ0) is 27.4. The summed E-state index contributed by atoms with van der Waals surface area (Å²) in [6.45, 7) is 5.42. The maximum atomic E-state index is 11.2. The number of hydrogen-bond donors (Lipinski definition) is 1. The van der Waals surface area contributed by atoms with Gasteiger partial charge in [-0.2, -0.15) is 0 Å². The van der Waals surface area contributed by atoms with Gasteiger partial charge in [-0.05, 0) is 76.0 Å². The van der Waals surface area contributed by atoms with Crippen LogP contribution in [0.15, 0.2) is 73.6 Å². The Morgan fingerprint density at radius 2 is 1.21 bits per heavy atom. The second-order valence-corrected chi connectivity index (χ2v) is 10.8. The molecule has 38 heavy (non-hydrogen) atoms. The number of ketones is 1. The topological polar surface area (TPSA) is 81.4 Å². The molecule has 11 heteroatoms. The van der Waals surface area contributed by atoms with Crippen LogP contribution in [0.2, 0.25) is 0 Å². The molecule has 0 aliphatic heterocycles. The monoisotopic (exact) mass is 576 g/mol. The summed E-state index contributed by atoms with van der Waals surface area (Å²) in [5.74, 6) is 0.0687. The van der Waals surface area contributed by atoms with Crippen molar-refractivity contribution in [2.45, 2.75) is 20.8 Å². The van der Waals surface area contributed by atoms with E-state index in [1.165, 1.54) is 0 Å². The number of carbonyl (C=O) groups excluding carboxylic acids is 1. The number of Topliss-reactive ketones (excluding diaryl/α,β-unsaturated/α-hetero) is 1. The molecule has 192 valence electrons. The van der Waals surface area contributed by atoms with Gasteiger partial charge in [0.2, 0.25) is 0 Å². The van der Waals surface area contributed by atoms with Crippen LogP contribution < -0.4 is 0 Å². The molecule has 0 aliphatic carbocycles. The third-order valence-electron chi connectivity index (χ3n) is 5.77. The molecule has 0 saturated carbocycles. The molecule has 2 unspecified atom stereocenters. The van der Waals surface area contributed by atoms with E-state index in [1.54, 1.807) is 36.0 Å². The minimum atomic E-state index is 0.0687. The van der Waals surface area contributed by atoms with Crippen LogP contribution in [0.25, 0.3) is 33.1 Å². The van der Waals surface area contributed by atoms with Gasteiger partial charge in [0, 0.05) is 79.8 Å². The lowest BCUT2D eigenvalue weighted by atomic mass is 10.2. The summed E-state index contributed by atoms with van der Waals surface area (Å²) in [5.41, 5.74) is 5.56. The molecule has 0 aromatic carbocycles. The van der Waals surface area contributed by atoms with Gasteiger partial charge in [0.1, 0.15) is 16.9 Å². The van der Waals surface area contributed by atoms with Crippen molar-refractivity contribution < 1.29 is 4.79 Å². The summed E-state index contributed by atoms with van der Waals surface area (Å²) >= 11 is 10.2. The number of thiocarbonyl (C=S) groups is 2. The fourth-order valence-corrected chi connectivity index (χ4v) is 5.01. The van der Waals surface area contributed by atoms with E-state index in [2.05, 4.69) is 38.7 Å². The molecule has 1 N–H and O–H groups in total. The Morgan fingerprint density at radius 3 is 1.74 bits per heavy atom. The molecule has 0 aliphatic rings. The minimum absolute atomic E-state index is 0.0687. The number of nitrogens with zero attached hydrogens (tertiary/aromatic N) is 5. The highest BCUT2D eigenvalue weighted by Gasteiger charge is 2.10. The van der Waals surface area contributed by atoms with E-state index in [-0.39, 0.29) is 5.78 Å². The van der Waals surface area contributed by atoms with Crippen LogP contribution >= 0.6 is 43.2 Å². The molecule has 0 radical (unpaired) electrons. The van der Waals surface area contributed by atoms with Crippen LogP contribution in [0, 0.1) is 0 Å². The zero-order valence-electron chi connectivity index (χ0n) is 21.0. The molecule has 6 rings (SSSR count). The van der Waals surface area contributed by atoms with E-state index >= 15 is 0 Å². The quantitative estimate of drug-likeness (QED) is 0.145. The van der Waals surface area contributed by atoms with Crippen molar-refractivity contribution in [2.24, 2.45) is 0 Å². The van der Waals surface area contributed by atoms with Crippen molar-refractivity contribution in [1.29, 1.82) is 0 Å². The van der Waals surface area contributed by atoms with Crippen LogP contribution in [0.3, 0.4) is 0 Å². The number of fused-ring (bicyclic) bond motifs is 3. The molecule has 0 amide bonds. The Bertz CT molecular complexity index is 1710. The lowest BCUT2D eigenvalue weighted by molar-refractivity contribution is 0.101. The molecule has 0 fully saturated rings. The molecule has 6 aromatic rings. The second-order valence-electron chi connectivity index (χ2n) is 8.42. The van der Waals surface area contributed by atoms with Gasteiger partial charge in [-0.25, -0.2) is 15.0 Å². The Kier molecular flexibility index (Phi) is 8.85. The summed E-state index contributed by atoms with van der Waals surface area (Å²) in [6.07, 6.45) is 10.9. The molecule has 0 saturated heterocycles. The molecule has 2 atom stereocenters. The maximum Gasteiger partial charge on any atom is 0.162 e. The SMILES string of the molecule is CC(=O)c1cn(P)c2ncccc12.CC(=S)c1c[nH]c2ncccc12.CC(=S)c1cn(P)c2ncccc12. The third kappa shape index (κ3) is 5.92. The zero-order valence-corrected chi connectivity index (χ0v) is 25.0. The third-order valence-corrected chi connectivity index (χ3v) is 7.00. The fourth-order valence-electron chi connectivity index (χ4n) is 3.97. The van der Waals surface area contributed by atoms with Gasteiger partial charge in [0.15, 0.2) is 5.78 Å². The Balaban J connectivity index is 0.000000133. The number of nitrogens with one attached hydrogen (secondary N) is 1. The van der Waals surface area contributed by atoms with E-state index < -0.39 is 0 Å². The Morgan fingerprint density at radius 1 is 0.737 bits per heavy atom. The highest BCUT2D eigenvalue weighted by atomic mass is 32.1. The Labute approximate surface area is 235 Å². The summed E-state index contributed by atoms with van der Waals surface area (Å²) in [6, 6.07) is 11.6. The maximum absolute atomic E-state index is 11.2. The molecule has 0 spiro atoms. The molecule has 0 bridgehead atoms. The number of H-pyrrole nitrogens is 1. The number of carbonyl (C=O) groups is 1. The van der Waals surface area contributed by atoms with Crippen LogP contribution in [-0.4, -0.2) is 44.1 Å². The predicted octanol–water partition coefficient (Wildman–Crippen LogP) is 6.59. The van der Waals surface area contributed by atoms with Gasteiger partial charge in [-0.3, -0.25) is 4.79 Å². The first kappa shape index (κ1) is 27.8. The van der Waals surface area contributed by atoms with Gasteiger partial charge >= 0.3 is 0 Å². The molecule has 6 heterocycles. The minimum Gasteiger partial charge on any atom is -0.345 e. The van der Waals surface area contributed by atoms with Crippen LogP contribution in [0.4, 0.5) is 0 Å². The number of hydrogen-bond acceptors (Lipinski definition) is 6. The van der Waals surface area contributed by atoms with Gasteiger partial charge < -0.3 is 13.7 Å². The largest absolute Gasteiger partial charge is 0.345 e. The van der Waals surface area contributed by atoms with E-state index in [4.69, 9.17) is 24.4 Å². The van der Waals surface area contributed by atoms with E-state index in [0.29, 0.717) is 0 Å². The second kappa shape index (κ2) is 12.1. The normalized spacial score (nSPS) is 10.6. The summed E-state index contributed by atoms with van der Waals surface area (Å²) in [7, 11) is 5.12. The summed E-state index contributed by atoms with van der Waals surface area (Å²) in [4.78, 5) is 28.7.